The van der Waals surface area contributed by atoms with Crippen molar-refractivity contribution in [1.29, 1.82) is 0 Å². The Morgan fingerprint density at radius 2 is 0.627 bits per heavy atom. The Morgan fingerprint density at radius 1 is 0.322 bits per heavy atom. The Kier molecular flexibility index (Phi) is 17.9. The lowest BCUT2D eigenvalue weighted by Crippen LogP contribution is -2.68. The van der Waals surface area contributed by atoms with Crippen molar-refractivity contribution < 1.29 is 129 Å². The van der Waals surface area contributed by atoms with E-state index in [1.165, 1.54) is 0 Å². The maximum Gasteiger partial charge on any atom is 0.187 e. The Balaban J connectivity index is 1.42. The van der Waals surface area contributed by atoms with Gasteiger partial charge < -0.3 is 135 Å². The van der Waals surface area contributed by atoms with Gasteiger partial charge in [0.1, 0.15) is 122 Å². The summed E-state index contributed by atoms with van der Waals surface area (Å²) in [7, 11) is 0. The van der Waals surface area contributed by atoms with Crippen LogP contribution in [-0.4, -0.2) is 281 Å². The van der Waals surface area contributed by atoms with E-state index in [0.29, 0.717) is 0 Å². The highest BCUT2D eigenvalue weighted by molar-refractivity contribution is 4.99. The largest absolute Gasteiger partial charge is 0.394 e. The Labute approximate surface area is 334 Å². The molecule has 5 saturated heterocycles. The second kappa shape index (κ2) is 21.5. The summed E-state index contributed by atoms with van der Waals surface area (Å²) in [4.78, 5) is 0. The van der Waals surface area contributed by atoms with Crippen LogP contribution in [0.5, 0.6) is 0 Å². The topological polar surface area (TPSA) is 442 Å². The normalized spacial score (nSPS) is 51.1. The first-order valence-corrected chi connectivity index (χ1v) is 18.8. The molecule has 18 N–H and O–H groups in total. The van der Waals surface area contributed by atoms with Crippen LogP contribution in [0.2, 0.25) is 0 Å². The maximum atomic E-state index is 11.5. The first kappa shape index (κ1) is 48.9. The van der Waals surface area contributed by atoms with Crippen LogP contribution < -0.4 is 5.73 Å². The number of aliphatic hydroxyl groups is 16. The fourth-order valence-electron chi connectivity index (χ4n) is 7.28. The van der Waals surface area contributed by atoms with Crippen molar-refractivity contribution in [3.05, 3.63) is 0 Å². The number of hydrogen-bond donors (Lipinski definition) is 17. The summed E-state index contributed by atoms with van der Waals surface area (Å²) >= 11 is 0. The van der Waals surface area contributed by atoms with Crippen LogP contribution in [0.1, 0.15) is 0 Å². The zero-order chi connectivity index (χ0) is 43.5. The van der Waals surface area contributed by atoms with Crippen LogP contribution in [0.15, 0.2) is 0 Å². The number of hydrogen-bond acceptors (Lipinski definition) is 27. The van der Waals surface area contributed by atoms with Crippen LogP contribution in [0.3, 0.4) is 0 Å². The van der Waals surface area contributed by atoms with Crippen LogP contribution in [0, 0.1) is 0 Å². The molecule has 5 aliphatic heterocycles. The van der Waals surface area contributed by atoms with Crippen molar-refractivity contribution in [3.8, 4) is 0 Å². The standard InChI is InChI=1S/C32H57NO26/c33-1-2-50-28-22(48)24(16(42)11(6-37)51-28)56-30-23(49)25(17(43)12(7-38)53-30)57-31-27(20(46)15(41)9(4-35)54-31)59-32-26(19(45)14(40)10(5-36)55-32)58-29-21(47)18(44)13(39)8(3-34)52-29/h8-32,34-49H,1-7,33H2/t8?,9?,10?,11?,12?,13-,14-,15-,16-,17-,18?,19?,20?,21?,22?,23?,24?,25?,26?,27?,28+,29-,30-,31-,32-/m1/s1. The molecule has 0 spiro atoms. The number of rotatable bonds is 16. The highest BCUT2D eigenvalue weighted by Gasteiger charge is 2.57. The predicted molar refractivity (Wildman–Crippen MR) is 179 cm³/mol. The smallest absolute Gasteiger partial charge is 0.187 e. The summed E-state index contributed by atoms with van der Waals surface area (Å²) in [6, 6.07) is 0. The second-order valence-electron chi connectivity index (χ2n) is 14.6. The zero-order valence-corrected chi connectivity index (χ0v) is 31.2. The molecule has 0 aromatic heterocycles. The van der Waals surface area contributed by atoms with Crippen LogP contribution in [0.4, 0.5) is 0 Å². The third kappa shape index (κ3) is 10.3. The predicted octanol–water partition coefficient (Wildman–Crippen LogP) is -11.9. The fraction of sp³-hybridized carbons (Fsp3) is 1.00. The fourth-order valence-corrected chi connectivity index (χ4v) is 7.28. The van der Waals surface area contributed by atoms with Gasteiger partial charge in [-0.3, -0.25) is 0 Å². The monoisotopic (exact) mass is 871 g/mol. The van der Waals surface area contributed by atoms with Crippen LogP contribution in [-0.2, 0) is 47.4 Å². The van der Waals surface area contributed by atoms with Crippen molar-refractivity contribution in [2.24, 2.45) is 5.73 Å². The maximum absolute atomic E-state index is 11.5. The van der Waals surface area contributed by atoms with Gasteiger partial charge in [-0.05, 0) is 0 Å². The summed E-state index contributed by atoms with van der Waals surface area (Å²) in [5, 5.41) is 169. The van der Waals surface area contributed by atoms with E-state index in [2.05, 4.69) is 0 Å². The lowest BCUT2D eigenvalue weighted by atomic mass is 9.95. The number of aliphatic hydroxyl groups excluding tert-OH is 16. The van der Waals surface area contributed by atoms with Gasteiger partial charge >= 0.3 is 0 Å². The molecular formula is C32H57NO26. The molecule has 0 radical (unpaired) electrons. The SMILES string of the molecule is NCCO[C@H]1OC(CO)[C@@H](O)C(O[C@H]2OC(CO)[C@@H](O)C(O[C@H]3OC(CO)[C@@H](O)C(O)C3O[C@H]3OC(CO)[C@@H](O)C(O)C3O[C@H]3OC(CO)[C@@H](O)C(O)C3O)C2O)C1O. The molecule has 5 heterocycles. The van der Waals surface area contributed by atoms with Crippen molar-refractivity contribution in [2.45, 2.75) is 154 Å². The molecule has 5 aliphatic rings. The average molecular weight is 872 g/mol. The minimum absolute atomic E-state index is 0.00977. The van der Waals surface area contributed by atoms with E-state index in [0.717, 1.165) is 0 Å². The highest BCUT2D eigenvalue weighted by atomic mass is 16.8. The van der Waals surface area contributed by atoms with Gasteiger partial charge in [-0.2, -0.15) is 0 Å². The summed E-state index contributed by atoms with van der Waals surface area (Å²) in [6.45, 7) is -4.69. The molecule has 0 saturated carbocycles. The molecule has 27 nitrogen and oxygen atoms in total. The molecule has 0 aromatic carbocycles. The van der Waals surface area contributed by atoms with Crippen molar-refractivity contribution in [3.63, 3.8) is 0 Å². The first-order chi connectivity index (χ1) is 28.1. The first-order valence-electron chi connectivity index (χ1n) is 18.8. The summed E-state index contributed by atoms with van der Waals surface area (Å²) in [5.74, 6) is 0. The summed E-state index contributed by atoms with van der Waals surface area (Å²) in [5.41, 5.74) is 5.46. The zero-order valence-electron chi connectivity index (χ0n) is 31.2. The average Bonchev–Trinajstić information content (AvgIpc) is 3.23. The number of ether oxygens (including phenoxy) is 10. The van der Waals surface area contributed by atoms with Gasteiger partial charge in [-0.15, -0.1) is 0 Å². The van der Waals surface area contributed by atoms with E-state index in [1.807, 2.05) is 0 Å². The Hall–Kier alpha value is -1.08. The molecule has 0 aromatic rings. The van der Waals surface area contributed by atoms with E-state index in [-0.39, 0.29) is 13.2 Å². The van der Waals surface area contributed by atoms with Gasteiger partial charge in [0.15, 0.2) is 31.5 Å². The molecule has 5 fully saturated rings. The molecular weight excluding hydrogens is 814 g/mol. The summed E-state index contributed by atoms with van der Waals surface area (Å²) in [6.07, 6.45) is -46.9. The lowest BCUT2D eigenvalue weighted by molar-refractivity contribution is -0.407. The van der Waals surface area contributed by atoms with E-state index in [1.54, 1.807) is 0 Å². The molecule has 59 heavy (non-hydrogen) atoms. The molecule has 0 amide bonds. The molecule has 15 unspecified atom stereocenters. The van der Waals surface area contributed by atoms with E-state index in [9.17, 15) is 81.7 Å². The highest BCUT2D eigenvalue weighted by Crippen LogP contribution is 2.36. The van der Waals surface area contributed by atoms with Gasteiger partial charge in [-0.25, -0.2) is 0 Å². The van der Waals surface area contributed by atoms with E-state index in [4.69, 9.17) is 53.1 Å². The lowest BCUT2D eigenvalue weighted by Gasteiger charge is -2.50. The summed E-state index contributed by atoms with van der Waals surface area (Å²) < 4.78 is 56.1. The van der Waals surface area contributed by atoms with Gasteiger partial charge in [-0.1, -0.05) is 0 Å². The number of nitrogens with two attached hydrogens (primary N) is 1. The Bertz CT molecular complexity index is 1260. The Morgan fingerprint density at radius 3 is 1.05 bits per heavy atom. The van der Waals surface area contributed by atoms with Gasteiger partial charge in [0.05, 0.1) is 39.6 Å². The van der Waals surface area contributed by atoms with Crippen molar-refractivity contribution in [2.75, 3.05) is 46.2 Å². The van der Waals surface area contributed by atoms with E-state index >= 15 is 0 Å². The molecule has 27 heteroatoms. The van der Waals surface area contributed by atoms with Gasteiger partial charge in [0.2, 0.25) is 0 Å². The third-order valence-electron chi connectivity index (χ3n) is 10.7. The molecule has 5 rings (SSSR count). The van der Waals surface area contributed by atoms with E-state index < -0.39 is 187 Å². The van der Waals surface area contributed by atoms with Crippen LogP contribution >= 0.6 is 0 Å². The van der Waals surface area contributed by atoms with Crippen LogP contribution in [0.25, 0.3) is 0 Å². The third-order valence-corrected chi connectivity index (χ3v) is 10.7. The van der Waals surface area contributed by atoms with Crippen molar-refractivity contribution in [1.82, 2.24) is 0 Å². The molecule has 0 aliphatic carbocycles. The molecule has 0 bridgehead atoms. The molecule has 346 valence electrons. The minimum atomic E-state index is -2.14. The minimum Gasteiger partial charge on any atom is -0.394 e. The molecule has 25 atom stereocenters. The van der Waals surface area contributed by atoms with Crippen molar-refractivity contribution >= 4 is 0 Å². The van der Waals surface area contributed by atoms with Gasteiger partial charge in [0, 0.05) is 6.54 Å². The van der Waals surface area contributed by atoms with Gasteiger partial charge in [0.25, 0.3) is 0 Å². The second-order valence-corrected chi connectivity index (χ2v) is 14.6. The quantitative estimate of drug-likeness (QED) is 0.0684.